The molecule has 2 rings (SSSR count). The first-order chi connectivity index (χ1) is 9.87. The Bertz CT molecular complexity index is 566. The lowest BCUT2D eigenvalue weighted by Gasteiger charge is -2.35. The smallest absolute Gasteiger partial charge is 0.335 e. The minimum Gasteiger partial charge on any atom is -0.494 e. The topological polar surface area (TPSA) is 87.1 Å². The third kappa shape index (κ3) is 2.97. The average Bonchev–Trinajstić information content (AvgIpc) is 2.47. The van der Waals surface area contributed by atoms with E-state index >= 15 is 0 Å². The number of ether oxygens (including phenoxy) is 1. The molecule has 0 atom stereocenters. The van der Waals surface area contributed by atoms with Crippen molar-refractivity contribution in [1.29, 1.82) is 0 Å². The van der Waals surface area contributed by atoms with Crippen LogP contribution in [-0.2, 0) is 4.79 Å². The number of halogens is 1. The lowest BCUT2D eigenvalue weighted by Crippen LogP contribution is -2.50. The Hall–Kier alpha value is -2.15. The highest BCUT2D eigenvalue weighted by molar-refractivity contribution is 5.95. The van der Waals surface area contributed by atoms with Gasteiger partial charge in [-0.1, -0.05) is 0 Å². The standard InChI is InChI=1S/C14H16FNO5/c1-21-11-8-9(2-3-10(11)15)12(17)16-6-4-14(20,5-7-16)13(18)19/h2-3,8,20H,4-7H2,1H3,(H,18,19). The number of carbonyl (C=O) groups excluding carboxylic acids is 1. The van der Waals surface area contributed by atoms with Gasteiger partial charge in [0.1, 0.15) is 0 Å². The molecule has 7 heteroatoms. The number of likely N-dealkylation sites (tertiary alicyclic amines) is 1. The van der Waals surface area contributed by atoms with Gasteiger partial charge in [-0.05, 0) is 18.2 Å². The average molecular weight is 297 g/mol. The second-order valence-electron chi connectivity index (χ2n) is 4.98. The largest absolute Gasteiger partial charge is 0.494 e. The highest BCUT2D eigenvalue weighted by atomic mass is 19.1. The van der Waals surface area contributed by atoms with E-state index in [1.807, 2.05) is 0 Å². The van der Waals surface area contributed by atoms with Crippen LogP contribution in [0.3, 0.4) is 0 Å². The monoisotopic (exact) mass is 297 g/mol. The van der Waals surface area contributed by atoms with E-state index in [0.29, 0.717) is 0 Å². The molecule has 114 valence electrons. The number of carboxylic acid groups (broad SMARTS) is 1. The molecule has 0 spiro atoms. The number of hydrogen-bond acceptors (Lipinski definition) is 4. The van der Waals surface area contributed by atoms with Gasteiger partial charge in [0.05, 0.1) is 7.11 Å². The maximum atomic E-state index is 13.3. The molecule has 21 heavy (non-hydrogen) atoms. The van der Waals surface area contributed by atoms with Gasteiger partial charge >= 0.3 is 5.97 Å². The Labute approximate surface area is 120 Å². The number of benzene rings is 1. The van der Waals surface area contributed by atoms with Crippen molar-refractivity contribution in [2.24, 2.45) is 0 Å². The maximum Gasteiger partial charge on any atom is 0.335 e. The van der Waals surface area contributed by atoms with Crippen molar-refractivity contribution < 1.29 is 28.9 Å². The summed E-state index contributed by atoms with van der Waals surface area (Å²) >= 11 is 0. The number of carbonyl (C=O) groups is 2. The van der Waals surface area contributed by atoms with Gasteiger partial charge in [-0.25, -0.2) is 9.18 Å². The van der Waals surface area contributed by atoms with Crippen LogP contribution in [0, 0.1) is 5.82 Å². The SMILES string of the molecule is COc1cc(C(=O)N2CCC(O)(C(=O)O)CC2)ccc1F. The van der Waals surface area contributed by atoms with Crippen molar-refractivity contribution in [3.8, 4) is 5.75 Å². The molecular weight excluding hydrogens is 281 g/mol. The second kappa shape index (κ2) is 5.69. The molecule has 1 aliphatic heterocycles. The normalized spacial score (nSPS) is 17.4. The van der Waals surface area contributed by atoms with Gasteiger partial charge < -0.3 is 19.8 Å². The van der Waals surface area contributed by atoms with Crippen molar-refractivity contribution >= 4 is 11.9 Å². The van der Waals surface area contributed by atoms with E-state index in [4.69, 9.17) is 9.84 Å². The lowest BCUT2D eigenvalue weighted by atomic mass is 9.91. The van der Waals surface area contributed by atoms with Crippen LogP contribution in [0.1, 0.15) is 23.2 Å². The zero-order valence-electron chi connectivity index (χ0n) is 11.5. The van der Waals surface area contributed by atoms with E-state index in [9.17, 15) is 19.1 Å². The van der Waals surface area contributed by atoms with Crippen LogP contribution in [0.5, 0.6) is 5.75 Å². The molecule has 1 amide bonds. The van der Waals surface area contributed by atoms with Crippen molar-refractivity contribution in [2.45, 2.75) is 18.4 Å². The summed E-state index contributed by atoms with van der Waals surface area (Å²) < 4.78 is 18.1. The van der Waals surface area contributed by atoms with Crippen LogP contribution in [-0.4, -0.2) is 52.8 Å². The summed E-state index contributed by atoms with van der Waals surface area (Å²) in [4.78, 5) is 24.6. The highest BCUT2D eigenvalue weighted by Crippen LogP contribution is 2.25. The number of nitrogens with zero attached hydrogens (tertiary/aromatic N) is 1. The molecule has 0 radical (unpaired) electrons. The Kier molecular flexibility index (Phi) is 4.13. The first-order valence-electron chi connectivity index (χ1n) is 6.46. The lowest BCUT2D eigenvalue weighted by molar-refractivity contribution is -0.162. The fourth-order valence-corrected chi connectivity index (χ4v) is 2.27. The van der Waals surface area contributed by atoms with E-state index in [2.05, 4.69) is 0 Å². The van der Waals surface area contributed by atoms with E-state index < -0.39 is 17.4 Å². The Morgan fingerprint density at radius 1 is 1.33 bits per heavy atom. The molecule has 1 saturated heterocycles. The minimum atomic E-state index is -1.78. The van der Waals surface area contributed by atoms with Crippen LogP contribution in [0.15, 0.2) is 18.2 Å². The van der Waals surface area contributed by atoms with Crippen molar-refractivity contribution in [3.63, 3.8) is 0 Å². The van der Waals surface area contributed by atoms with Crippen LogP contribution < -0.4 is 4.74 Å². The van der Waals surface area contributed by atoms with Crippen LogP contribution in [0.2, 0.25) is 0 Å². The van der Waals surface area contributed by atoms with Crippen molar-refractivity contribution in [1.82, 2.24) is 4.90 Å². The fourth-order valence-electron chi connectivity index (χ4n) is 2.27. The number of rotatable bonds is 3. The Morgan fingerprint density at radius 2 is 1.95 bits per heavy atom. The van der Waals surface area contributed by atoms with Crippen LogP contribution in [0.4, 0.5) is 4.39 Å². The van der Waals surface area contributed by atoms with Crippen molar-refractivity contribution in [2.75, 3.05) is 20.2 Å². The van der Waals surface area contributed by atoms with Gasteiger partial charge in [-0.3, -0.25) is 4.79 Å². The fraction of sp³-hybridized carbons (Fsp3) is 0.429. The van der Waals surface area contributed by atoms with Gasteiger partial charge in [-0.2, -0.15) is 0 Å². The molecule has 1 aromatic carbocycles. The summed E-state index contributed by atoms with van der Waals surface area (Å²) in [5, 5.41) is 18.8. The molecular formula is C14H16FNO5. The summed E-state index contributed by atoms with van der Waals surface area (Å²) in [6.45, 7) is 0.253. The summed E-state index contributed by atoms with van der Waals surface area (Å²) in [6.07, 6.45) is -0.0706. The predicted octanol–water partition coefficient (Wildman–Crippen LogP) is 0.886. The van der Waals surface area contributed by atoms with Gasteiger partial charge in [0, 0.05) is 31.5 Å². The number of aliphatic hydroxyl groups is 1. The van der Waals surface area contributed by atoms with Gasteiger partial charge in [0.15, 0.2) is 17.2 Å². The van der Waals surface area contributed by atoms with Crippen LogP contribution >= 0.6 is 0 Å². The molecule has 0 aromatic heterocycles. The highest BCUT2D eigenvalue weighted by Gasteiger charge is 2.40. The summed E-state index contributed by atoms with van der Waals surface area (Å²) in [7, 11) is 1.31. The molecule has 0 saturated carbocycles. The quantitative estimate of drug-likeness (QED) is 0.865. The molecule has 2 N–H and O–H groups in total. The third-order valence-corrected chi connectivity index (χ3v) is 3.67. The number of aliphatic carboxylic acids is 1. The summed E-state index contributed by atoms with van der Waals surface area (Å²) in [5.41, 5.74) is -1.52. The number of amides is 1. The second-order valence-corrected chi connectivity index (χ2v) is 4.98. The van der Waals surface area contributed by atoms with E-state index in [0.717, 1.165) is 6.07 Å². The molecule has 1 aromatic rings. The zero-order valence-corrected chi connectivity index (χ0v) is 11.5. The number of methoxy groups -OCH3 is 1. The zero-order chi connectivity index (χ0) is 15.6. The van der Waals surface area contributed by atoms with Gasteiger partial charge in [-0.15, -0.1) is 0 Å². The number of hydrogen-bond donors (Lipinski definition) is 2. The summed E-state index contributed by atoms with van der Waals surface area (Å²) in [6, 6.07) is 3.79. The molecule has 0 unspecified atom stereocenters. The van der Waals surface area contributed by atoms with Gasteiger partial charge in [0.25, 0.3) is 5.91 Å². The third-order valence-electron chi connectivity index (χ3n) is 3.67. The minimum absolute atomic E-state index is 0.0279. The first-order valence-corrected chi connectivity index (χ1v) is 6.46. The number of carboxylic acids is 1. The predicted molar refractivity (Wildman–Crippen MR) is 70.7 cm³/mol. The molecule has 1 aliphatic rings. The summed E-state index contributed by atoms with van der Waals surface area (Å²) in [5.74, 6) is -2.22. The molecule has 6 nitrogen and oxygen atoms in total. The van der Waals surface area contributed by atoms with Crippen LogP contribution in [0.25, 0.3) is 0 Å². The maximum absolute atomic E-state index is 13.3. The van der Waals surface area contributed by atoms with E-state index in [-0.39, 0.29) is 43.2 Å². The van der Waals surface area contributed by atoms with E-state index in [1.54, 1.807) is 0 Å². The molecule has 0 bridgehead atoms. The van der Waals surface area contributed by atoms with Crippen molar-refractivity contribution in [3.05, 3.63) is 29.6 Å². The van der Waals surface area contributed by atoms with E-state index in [1.165, 1.54) is 24.1 Å². The number of piperidine rings is 1. The molecule has 1 fully saturated rings. The Morgan fingerprint density at radius 3 is 2.48 bits per heavy atom. The van der Waals surface area contributed by atoms with Gasteiger partial charge in [0.2, 0.25) is 0 Å². The molecule has 1 heterocycles. The Balaban J connectivity index is 2.10. The first kappa shape index (κ1) is 15.2. The molecule has 0 aliphatic carbocycles.